The molecule has 0 amide bonds. The highest BCUT2D eigenvalue weighted by Gasteiger charge is 2.42. The summed E-state index contributed by atoms with van der Waals surface area (Å²) in [5, 5.41) is 5.20. The SMILES string of the molecule is CC(C)c1cccc(C(C)C)c1-n1c(-c2cccc([Si](c3ccccc3)(c3ccccc3)c3cccc(-c4nc5ccccc5n4-c4ccccc4)c3)c2)nc2ccccc21. The average Bonchev–Trinajstić information content (AvgIpc) is 3.90. The Morgan fingerprint density at radius 1 is 0.377 bits per heavy atom. The zero-order valence-corrected chi connectivity index (χ0v) is 36.1. The molecule has 10 aromatic rings. The Morgan fingerprint density at radius 3 is 1.26 bits per heavy atom. The summed E-state index contributed by atoms with van der Waals surface area (Å²) in [4.78, 5) is 10.8. The molecule has 0 bridgehead atoms. The van der Waals surface area contributed by atoms with Crippen LogP contribution in [0.25, 0.3) is 56.2 Å². The lowest BCUT2D eigenvalue weighted by Gasteiger charge is -2.35. The van der Waals surface area contributed by atoms with Gasteiger partial charge < -0.3 is 0 Å². The minimum Gasteiger partial charge on any atom is -0.292 e. The van der Waals surface area contributed by atoms with Crippen LogP contribution in [-0.2, 0) is 0 Å². The van der Waals surface area contributed by atoms with E-state index in [0.717, 1.165) is 50.5 Å². The van der Waals surface area contributed by atoms with Crippen molar-refractivity contribution in [3.63, 3.8) is 0 Å². The number of imidazole rings is 2. The lowest BCUT2D eigenvalue weighted by molar-refractivity contribution is 0.811. The fourth-order valence-corrected chi connectivity index (χ4v) is 14.3. The van der Waals surface area contributed by atoms with E-state index in [4.69, 9.17) is 9.97 Å². The van der Waals surface area contributed by atoms with Crippen molar-refractivity contribution in [3.05, 3.63) is 217 Å². The van der Waals surface area contributed by atoms with Gasteiger partial charge in [-0.2, -0.15) is 0 Å². The fraction of sp³-hybridized carbons (Fsp3) is 0.107. The minimum atomic E-state index is -3.03. The molecule has 5 heteroatoms. The van der Waals surface area contributed by atoms with Crippen molar-refractivity contribution in [2.45, 2.75) is 39.5 Å². The van der Waals surface area contributed by atoms with Gasteiger partial charge in [0.15, 0.2) is 8.07 Å². The summed E-state index contributed by atoms with van der Waals surface area (Å²) in [6, 6.07) is 75.3. The van der Waals surface area contributed by atoms with Crippen molar-refractivity contribution in [3.8, 4) is 34.2 Å². The number of hydrogen-bond acceptors (Lipinski definition) is 2. The molecule has 0 unspecified atom stereocenters. The van der Waals surface area contributed by atoms with Gasteiger partial charge in [0.25, 0.3) is 0 Å². The normalized spacial score (nSPS) is 11.9. The molecule has 0 saturated carbocycles. The monoisotopic (exact) mass is 804 g/mol. The first-order valence-electron chi connectivity index (χ1n) is 21.4. The maximum Gasteiger partial charge on any atom is 0.179 e. The number of aromatic nitrogens is 4. The van der Waals surface area contributed by atoms with Crippen LogP contribution < -0.4 is 20.7 Å². The molecule has 0 fully saturated rings. The van der Waals surface area contributed by atoms with Crippen LogP contribution in [0.15, 0.2) is 206 Å². The van der Waals surface area contributed by atoms with E-state index in [1.807, 2.05) is 0 Å². The van der Waals surface area contributed by atoms with Crippen LogP contribution in [0.5, 0.6) is 0 Å². The Kier molecular flexibility index (Phi) is 9.90. The Morgan fingerprint density at radius 2 is 0.770 bits per heavy atom. The van der Waals surface area contributed by atoms with E-state index in [-0.39, 0.29) is 0 Å². The van der Waals surface area contributed by atoms with Gasteiger partial charge in [-0.05, 0) is 80.1 Å². The first-order chi connectivity index (χ1) is 29.9. The lowest BCUT2D eigenvalue weighted by Crippen LogP contribution is -2.74. The first kappa shape index (κ1) is 38.1. The predicted molar refractivity (Wildman–Crippen MR) is 258 cm³/mol. The van der Waals surface area contributed by atoms with Crippen LogP contribution in [0.3, 0.4) is 0 Å². The topological polar surface area (TPSA) is 35.6 Å². The van der Waals surface area contributed by atoms with Gasteiger partial charge in [0.05, 0.1) is 27.8 Å². The van der Waals surface area contributed by atoms with E-state index < -0.39 is 8.07 Å². The summed E-state index contributed by atoms with van der Waals surface area (Å²) in [5.41, 5.74) is 11.3. The minimum absolute atomic E-state index is 0.327. The molecule has 0 aliphatic heterocycles. The number of fused-ring (bicyclic) bond motifs is 2. The maximum absolute atomic E-state index is 5.48. The molecule has 0 aliphatic rings. The number of rotatable bonds is 10. The van der Waals surface area contributed by atoms with Crippen LogP contribution in [0.1, 0.15) is 50.7 Å². The standard InChI is InChI=1S/C56H48N4Si/c1-39(2)48-31-20-32-49(40(3)4)54(48)60-53-36-17-15-34-51(53)58-56(60)42-22-19-30-47(38-42)61(44-25-10-6-11-26-44,45-27-12-7-13-28-45)46-29-18-21-41(37-46)55-57-50-33-14-16-35-52(50)59(55)43-23-8-5-9-24-43/h5-40H,1-4H3. The summed E-state index contributed by atoms with van der Waals surface area (Å²) >= 11 is 0. The molecule has 2 aromatic heterocycles. The second kappa shape index (κ2) is 15.8. The van der Waals surface area contributed by atoms with E-state index in [1.54, 1.807) is 0 Å². The van der Waals surface area contributed by atoms with Crippen LogP contribution >= 0.6 is 0 Å². The molecular weight excluding hydrogens is 757 g/mol. The van der Waals surface area contributed by atoms with Gasteiger partial charge in [0, 0.05) is 16.8 Å². The molecule has 0 radical (unpaired) electrons. The molecule has 0 aliphatic carbocycles. The second-order valence-corrected chi connectivity index (χ2v) is 20.4. The van der Waals surface area contributed by atoms with E-state index >= 15 is 0 Å². The Balaban J connectivity index is 1.26. The third-order valence-corrected chi connectivity index (χ3v) is 17.0. The number of benzene rings is 8. The van der Waals surface area contributed by atoms with Gasteiger partial charge in [-0.1, -0.05) is 198 Å². The molecule has 2 heterocycles. The average molecular weight is 805 g/mol. The third-order valence-electron chi connectivity index (χ3n) is 12.2. The van der Waals surface area contributed by atoms with Gasteiger partial charge >= 0.3 is 0 Å². The van der Waals surface area contributed by atoms with Crippen molar-refractivity contribution >= 4 is 50.9 Å². The molecule has 0 spiro atoms. The summed E-state index contributed by atoms with van der Waals surface area (Å²) in [6.45, 7) is 9.19. The molecule has 10 rings (SSSR count). The smallest absolute Gasteiger partial charge is 0.179 e. The largest absolute Gasteiger partial charge is 0.292 e. The zero-order valence-electron chi connectivity index (χ0n) is 35.1. The van der Waals surface area contributed by atoms with Crippen LogP contribution in [0.4, 0.5) is 0 Å². The molecule has 0 atom stereocenters. The summed E-state index contributed by atoms with van der Waals surface area (Å²) in [7, 11) is -3.03. The van der Waals surface area contributed by atoms with Crippen LogP contribution in [0.2, 0.25) is 0 Å². The second-order valence-electron chi connectivity index (χ2n) is 16.6. The Hall–Kier alpha value is -7.08. The van der Waals surface area contributed by atoms with Crippen molar-refractivity contribution < 1.29 is 0 Å². The van der Waals surface area contributed by atoms with Gasteiger partial charge in [-0.15, -0.1) is 0 Å². The zero-order chi connectivity index (χ0) is 41.5. The van der Waals surface area contributed by atoms with Crippen LogP contribution in [-0.4, -0.2) is 27.2 Å². The summed E-state index contributed by atoms with van der Waals surface area (Å²) in [6.07, 6.45) is 0. The molecule has 0 N–H and O–H groups in total. The van der Waals surface area contributed by atoms with E-state index in [0.29, 0.717) is 11.8 Å². The van der Waals surface area contributed by atoms with Gasteiger partial charge in [0.2, 0.25) is 0 Å². The van der Waals surface area contributed by atoms with Crippen molar-refractivity contribution in [2.24, 2.45) is 0 Å². The van der Waals surface area contributed by atoms with Crippen LogP contribution in [0, 0.1) is 0 Å². The molecule has 61 heavy (non-hydrogen) atoms. The number of para-hydroxylation sites is 6. The Labute approximate surface area is 359 Å². The summed E-state index contributed by atoms with van der Waals surface area (Å²) < 4.78 is 4.75. The molecule has 8 aromatic carbocycles. The quantitative estimate of drug-likeness (QED) is 0.102. The van der Waals surface area contributed by atoms with Crippen molar-refractivity contribution in [2.75, 3.05) is 0 Å². The highest BCUT2D eigenvalue weighted by Crippen LogP contribution is 2.37. The predicted octanol–water partition coefficient (Wildman–Crippen LogP) is 11.3. The van der Waals surface area contributed by atoms with E-state index in [2.05, 4.69) is 243 Å². The first-order valence-corrected chi connectivity index (χ1v) is 23.4. The number of hydrogen-bond donors (Lipinski definition) is 0. The van der Waals surface area contributed by atoms with Gasteiger partial charge in [0.1, 0.15) is 11.6 Å². The third kappa shape index (κ3) is 6.53. The highest BCUT2D eigenvalue weighted by atomic mass is 28.3. The Bertz CT molecular complexity index is 3080. The number of nitrogens with zero attached hydrogens (tertiary/aromatic N) is 4. The molecule has 296 valence electrons. The van der Waals surface area contributed by atoms with Gasteiger partial charge in [-0.3, -0.25) is 9.13 Å². The molecule has 4 nitrogen and oxygen atoms in total. The fourth-order valence-electron chi connectivity index (χ4n) is 9.43. The molecular formula is C56H48N4Si. The molecule has 0 saturated heterocycles. The van der Waals surface area contributed by atoms with Gasteiger partial charge in [-0.25, -0.2) is 9.97 Å². The maximum atomic E-state index is 5.48. The summed E-state index contributed by atoms with van der Waals surface area (Å²) in [5.74, 6) is 2.53. The van der Waals surface area contributed by atoms with Crippen molar-refractivity contribution in [1.82, 2.24) is 19.1 Å². The highest BCUT2D eigenvalue weighted by molar-refractivity contribution is 7.20. The van der Waals surface area contributed by atoms with Crippen molar-refractivity contribution in [1.29, 1.82) is 0 Å². The van der Waals surface area contributed by atoms with E-state index in [9.17, 15) is 0 Å². The van der Waals surface area contributed by atoms with E-state index in [1.165, 1.54) is 37.6 Å². The lowest BCUT2D eigenvalue weighted by atomic mass is 9.92.